The molecule has 0 radical (unpaired) electrons. The highest BCUT2D eigenvalue weighted by molar-refractivity contribution is 5.64. The number of nitriles is 1. The number of non-ortho nitro benzene ring substituents is 1. The Morgan fingerprint density at radius 3 is 1.89 bits per heavy atom. The van der Waals surface area contributed by atoms with Crippen LogP contribution in [0.1, 0.15) is 19.8 Å². The van der Waals surface area contributed by atoms with E-state index >= 15 is 0 Å². The van der Waals surface area contributed by atoms with Crippen molar-refractivity contribution in [1.82, 2.24) is 5.32 Å². The molecule has 0 saturated carbocycles. The van der Waals surface area contributed by atoms with Crippen molar-refractivity contribution in [1.29, 1.82) is 5.26 Å². The van der Waals surface area contributed by atoms with Gasteiger partial charge in [-0.1, -0.05) is 0 Å². The van der Waals surface area contributed by atoms with Gasteiger partial charge in [0.25, 0.3) is 11.4 Å². The van der Waals surface area contributed by atoms with Crippen LogP contribution in [0.2, 0.25) is 0 Å². The predicted octanol–water partition coefficient (Wildman–Crippen LogP) is 1.38. The third-order valence-electron chi connectivity index (χ3n) is 4.02. The Morgan fingerprint density at radius 2 is 1.56 bits per heavy atom. The highest BCUT2D eigenvalue weighted by Crippen LogP contribution is 2.38. The van der Waals surface area contributed by atoms with Crippen molar-refractivity contribution in [3.05, 3.63) is 42.5 Å². The Bertz CT molecular complexity index is 747. The number of nitro groups is 3. The molecule has 0 bridgehead atoms. The smallest absolute Gasteiger partial charge is 0.324 e. The zero-order chi connectivity index (χ0) is 20.8. The standard InChI is InChI=1S/C8H14N2O.C6H3N3O7/c1-8(11,6-9)7-2-4-10-5-3-7;10-6-4(8(13)14)1-3(7(11)12)2-5(6)9(15)16/h7,10-11H,2-5H2,1H3;1-2,10H. The van der Waals surface area contributed by atoms with E-state index in [4.69, 9.17) is 10.4 Å². The molecule has 1 aromatic carbocycles. The average molecular weight is 383 g/mol. The molecule has 146 valence electrons. The summed E-state index contributed by atoms with van der Waals surface area (Å²) in [5.74, 6) is -1.06. The van der Waals surface area contributed by atoms with Crippen LogP contribution in [-0.2, 0) is 0 Å². The molecule has 13 nitrogen and oxygen atoms in total. The average Bonchev–Trinajstić information content (AvgIpc) is 2.62. The predicted molar refractivity (Wildman–Crippen MR) is 89.9 cm³/mol. The van der Waals surface area contributed by atoms with Crippen LogP contribution in [0, 0.1) is 47.6 Å². The van der Waals surface area contributed by atoms with Crippen LogP contribution in [-0.4, -0.2) is 43.7 Å². The van der Waals surface area contributed by atoms with Crippen LogP contribution >= 0.6 is 0 Å². The molecule has 0 aliphatic carbocycles. The highest BCUT2D eigenvalue weighted by Gasteiger charge is 2.32. The number of aliphatic hydroxyl groups is 1. The second kappa shape index (κ2) is 8.83. The lowest BCUT2D eigenvalue weighted by molar-refractivity contribution is -0.404. The zero-order valence-electron chi connectivity index (χ0n) is 14.2. The van der Waals surface area contributed by atoms with Crippen molar-refractivity contribution in [2.75, 3.05) is 13.1 Å². The van der Waals surface area contributed by atoms with Gasteiger partial charge < -0.3 is 15.5 Å². The second-order valence-corrected chi connectivity index (χ2v) is 5.89. The molecular weight excluding hydrogens is 366 g/mol. The van der Waals surface area contributed by atoms with E-state index < -0.39 is 43.2 Å². The van der Waals surface area contributed by atoms with Crippen molar-refractivity contribution >= 4 is 17.1 Å². The molecule has 1 saturated heterocycles. The minimum Gasteiger partial charge on any atom is -0.497 e. The van der Waals surface area contributed by atoms with Gasteiger partial charge in [0.05, 0.1) is 33.0 Å². The minimum absolute atomic E-state index is 0.147. The molecule has 1 aromatic rings. The third-order valence-corrected chi connectivity index (χ3v) is 4.02. The summed E-state index contributed by atoms with van der Waals surface area (Å²) in [6, 6.07) is 2.83. The van der Waals surface area contributed by atoms with Crippen molar-refractivity contribution in [2.24, 2.45) is 5.92 Å². The normalized spacial score (nSPS) is 16.2. The molecular formula is C14H17N5O8. The van der Waals surface area contributed by atoms with Crippen LogP contribution in [0.25, 0.3) is 0 Å². The van der Waals surface area contributed by atoms with E-state index in [0.717, 1.165) is 25.9 Å². The Balaban J connectivity index is 0.000000289. The van der Waals surface area contributed by atoms with Crippen molar-refractivity contribution in [3.8, 4) is 11.8 Å². The fraction of sp³-hybridized carbons (Fsp3) is 0.500. The van der Waals surface area contributed by atoms with E-state index in [1.165, 1.54) is 0 Å². The maximum absolute atomic E-state index is 10.4. The maximum atomic E-state index is 10.4. The Hall–Kier alpha value is -3.37. The van der Waals surface area contributed by atoms with Crippen LogP contribution < -0.4 is 5.32 Å². The molecule has 13 heteroatoms. The van der Waals surface area contributed by atoms with Crippen molar-refractivity contribution in [3.63, 3.8) is 0 Å². The van der Waals surface area contributed by atoms with E-state index in [1.807, 2.05) is 6.07 Å². The van der Waals surface area contributed by atoms with Gasteiger partial charge in [-0.05, 0) is 32.9 Å². The fourth-order valence-corrected chi connectivity index (χ4v) is 2.45. The van der Waals surface area contributed by atoms with E-state index in [-0.39, 0.29) is 5.92 Å². The summed E-state index contributed by atoms with van der Waals surface area (Å²) >= 11 is 0. The molecule has 1 fully saturated rings. The fourth-order valence-electron chi connectivity index (χ4n) is 2.45. The topological polar surface area (TPSA) is 206 Å². The van der Waals surface area contributed by atoms with Gasteiger partial charge in [0.15, 0.2) is 5.60 Å². The minimum atomic E-state index is -1.21. The number of hydrogen-bond donors (Lipinski definition) is 3. The first-order chi connectivity index (χ1) is 12.5. The molecule has 1 aliphatic heterocycles. The molecule has 0 aromatic heterocycles. The Labute approximate surface area is 152 Å². The van der Waals surface area contributed by atoms with Crippen LogP contribution in [0.5, 0.6) is 5.75 Å². The Kier molecular flexibility index (Phi) is 7.09. The molecule has 0 amide bonds. The molecule has 2 rings (SSSR count). The van der Waals surface area contributed by atoms with Gasteiger partial charge in [0.2, 0.25) is 0 Å². The van der Waals surface area contributed by atoms with Gasteiger partial charge in [-0.25, -0.2) is 0 Å². The lowest BCUT2D eigenvalue weighted by Crippen LogP contribution is -2.40. The summed E-state index contributed by atoms with van der Waals surface area (Å²) in [5.41, 5.74) is -4.12. The molecule has 3 N–H and O–H groups in total. The van der Waals surface area contributed by atoms with Gasteiger partial charge in [-0.15, -0.1) is 0 Å². The highest BCUT2D eigenvalue weighted by atomic mass is 16.6. The number of phenols is 1. The molecule has 1 unspecified atom stereocenters. The summed E-state index contributed by atoms with van der Waals surface area (Å²) < 4.78 is 0. The van der Waals surface area contributed by atoms with Gasteiger partial charge >= 0.3 is 11.4 Å². The number of nitro benzene ring substituents is 3. The van der Waals surface area contributed by atoms with Crippen LogP contribution in [0.3, 0.4) is 0 Å². The molecule has 1 aliphatic rings. The summed E-state index contributed by atoms with van der Waals surface area (Å²) in [6.45, 7) is 3.44. The van der Waals surface area contributed by atoms with E-state index in [2.05, 4.69) is 5.32 Å². The summed E-state index contributed by atoms with van der Waals surface area (Å²) in [4.78, 5) is 27.8. The van der Waals surface area contributed by atoms with Gasteiger partial charge in [0.1, 0.15) is 0 Å². The molecule has 1 atom stereocenters. The maximum Gasteiger partial charge on any atom is 0.324 e. The van der Waals surface area contributed by atoms with Crippen LogP contribution in [0.4, 0.5) is 17.1 Å². The molecule has 1 heterocycles. The second-order valence-electron chi connectivity index (χ2n) is 5.89. The van der Waals surface area contributed by atoms with Gasteiger partial charge in [-0.2, -0.15) is 5.26 Å². The molecule has 27 heavy (non-hydrogen) atoms. The number of nitrogens with zero attached hydrogens (tertiary/aromatic N) is 4. The summed E-state index contributed by atoms with van der Waals surface area (Å²) in [5, 5.41) is 61.6. The lowest BCUT2D eigenvalue weighted by Gasteiger charge is -2.30. The number of rotatable bonds is 4. The van der Waals surface area contributed by atoms with Gasteiger partial charge in [-0.3, -0.25) is 30.3 Å². The monoisotopic (exact) mass is 383 g/mol. The van der Waals surface area contributed by atoms with Crippen molar-refractivity contribution in [2.45, 2.75) is 25.4 Å². The first-order valence-electron chi connectivity index (χ1n) is 7.65. The SMILES string of the molecule is CC(O)(C#N)C1CCNCC1.O=[N+]([O-])c1cc([N+](=O)[O-])c(O)c([N+](=O)[O-])c1. The number of nitrogens with one attached hydrogen (secondary N) is 1. The molecule has 0 spiro atoms. The number of piperidine rings is 1. The number of phenolic OH excluding ortho intramolecular Hbond substituents is 1. The van der Waals surface area contributed by atoms with Crippen LogP contribution in [0.15, 0.2) is 12.1 Å². The summed E-state index contributed by atoms with van der Waals surface area (Å²) in [6.07, 6.45) is 1.81. The quantitative estimate of drug-likeness (QED) is 0.386. The Morgan fingerprint density at radius 1 is 1.11 bits per heavy atom. The van der Waals surface area contributed by atoms with E-state index in [0.29, 0.717) is 12.1 Å². The zero-order valence-corrected chi connectivity index (χ0v) is 14.2. The third kappa shape index (κ3) is 5.56. The number of benzene rings is 1. The first kappa shape index (κ1) is 21.7. The summed E-state index contributed by atoms with van der Waals surface area (Å²) in [7, 11) is 0. The number of hydrogen-bond acceptors (Lipinski definition) is 10. The lowest BCUT2D eigenvalue weighted by atomic mass is 9.83. The first-order valence-corrected chi connectivity index (χ1v) is 7.65. The van der Waals surface area contributed by atoms with Gasteiger partial charge in [0, 0.05) is 5.92 Å². The largest absolute Gasteiger partial charge is 0.497 e. The van der Waals surface area contributed by atoms with Crippen molar-refractivity contribution < 1.29 is 25.0 Å². The number of aromatic hydroxyl groups is 1. The van der Waals surface area contributed by atoms with E-state index in [9.17, 15) is 35.4 Å². The van der Waals surface area contributed by atoms with E-state index in [1.54, 1.807) is 6.92 Å².